The molecule has 2 aliphatic rings. The molecular formula is C13H15F2N3O3. The highest BCUT2D eigenvalue weighted by Gasteiger charge is 2.45. The summed E-state index contributed by atoms with van der Waals surface area (Å²) >= 11 is 0. The number of carboxylic acid groups (broad SMARTS) is 1. The van der Waals surface area contributed by atoms with E-state index in [-0.39, 0.29) is 23.8 Å². The summed E-state index contributed by atoms with van der Waals surface area (Å²) in [4.78, 5) is 20.3. The van der Waals surface area contributed by atoms with Crippen molar-refractivity contribution in [3.63, 3.8) is 0 Å². The summed E-state index contributed by atoms with van der Waals surface area (Å²) in [6.45, 7) is -0.373. The number of carboxylic acids is 1. The van der Waals surface area contributed by atoms with Gasteiger partial charge in [0.1, 0.15) is 0 Å². The van der Waals surface area contributed by atoms with Gasteiger partial charge in [0.05, 0.1) is 38.0 Å². The fourth-order valence-corrected chi connectivity index (χ4v) is 2.10. The summed E-state index contributed by atoms with van der Waals surface area (Å²) < 4.78 is 31.5. The molecule has 1 saturated carbocycles. The van der Waals surface area contributed by atoms with Gasteiger partial charge in [-0.2, -0.15) is 0 Å². The van der Waals surface area contributed by atoms with Crippen molar-refractivity contribution in [1.29, 1.82) is 0 Å². The van der Waals surface area contributed by atoms with Gasteiger partial charge in [0.25, 0.3) is 11.8 Å². The molecule has 1 aliphatic heterocycles. The van der Waals surface area contributed by atoms with E-state index >= 15 is 0 Å². The molecule has 114 valence electrons. The van der Waals surface area contributed by atoms with Gasteiger partial charge >= 0.3 is 5.97 Å². The maximum absolute atomic E-state index is 13.0. The average Bonchev–Trinajstić information content (AvgIpc) is 3.17. The molecule has 3 rings (SSSR count). The topological polar surface area (TPSA) is 75.5 Å². The molecule has 0 aromatic carbocycles. The van der Waals surface area contributed by atoms with Crippen molar-refractivity contribution in [1.82, 2.24) is 9.97 Å². The average molecular weight is 299 g/mol. The van der Waals surface area contributed by atoms with E-state index in [0.717, 1.165) is 12.8 Å². The van der Waals surface area contributed by atoms with Crippen LogP contribution in [-0.2, 0) is 11.2 Å². The monoisotopic (exact) mass is 299 g/mol. The zero-order valence-corrected chi connectivity index (χ0v) is 11.3. The third kappa shape index (κ3) is 3.37. The lowest BCUT2D eigenvalue weighted by Crippen LogP contribution is -2.56. The number of carbonyl (C=O) groups is 1. The van der Waals surface area contributed by atoms with Gasteiger partial charge in [0, 0.05) is 0 Å². The van der Waals surface area contributed by atoms with Crippen LogP contribution in [0.3, 0.4) is 0 Å². The van der Waals surface area contributed by atoms with Crippen LogP contribution in [-0.4, -0.2) is 46.7 Å². The van der Waals surface area contributed by atoms with E-state index in [1.807, 2.05) is 0 Å². The largest absolute Gasteiger partial charge is 0.481 e. The molecule has 0 amide bonds. The number of hydrogen-bond acceptors (Lipinski definition) is 5. The quantitative estimate of drug-likeness (QED) is 0.854. The van der Waals surface area contributed by atoms with Crippen molar-refractivity contribution in [2.24, 2.45) is 5.92 Å². The first-order valence-corrected chi connectivity index (χ1v) is 6.76. The normalized spacial score (nSPS) is 20.0. The van der Waals surface area contributed by atoms with E-state index in [2.05, 4.69) is 9.97 Å². The molecule has 0 spiro atoms. The second-order valence-electron chi connectivity index (χ2n) is 5.53. The van der Waals surface area contributed by atoms with Crippen molar-refractivity contribution >= 4 is 11.8 Å². The number of aliphatic carboxylic acids is 1. The Hall–Kier alpha value is -1.99. The fourth-order valence-electron chi connectivity index (χ4n) is 2.10. The molecule has 21 heavy (non-hydrogen) atoms. The second-order valence-corrected chi connectivity index (χ2v) is 5.53. The van der Waals surface area contributed by atoms with Crippen LogP contribution in [0.25, 0.3) is 0 Å². The molecule has 2 fully saturated rings. The van der Waals surface area contributed by atoms with Gasteiger partial charge in [-0.05, 0) is 18.8 Å². The number of rotatable bonds is 6. The molecule has 1 N–H and O–H groups in total. The van der Waals surface area contributed by atoms with Gasteiger partial charge in [-0.1, -0.05) is 0 Å². The zero-order valence-electron chi connectivity index (χ0n) is 11.3. The van der Waals surface area contributed by atoms with E-state index in [1.54, 1.807) is 0 Å². The minimum Gasteiger partial charge on any atom is -0.481 e. The van der Waals surface area contributed by atoms with Crippen molar-refractivity contribution in [3.05, 3.63) is 11.9 Å². The van der Waals surface area contributed by atoms with E-state index in [9.17, 15) is 13.6 Å². The Kier molecular flexibility index (Phi) is 3.38. The van der Waals surface area contributed by atoms with Gasteiger partial charge in [-0.15, -0.1) is 0 Å². The van der Waals surface area contributed by atoms with E-state index in [0.29, 0.717) is 12.5 Å². The number of nitrogens with zero attached hydrogens (tertiary/aromatic N) is 3. The Labute approximate surface area is 119 Å². The van der Waals surface area contributed by atoms with Gasteiger partial charge < -0.3 is 14.7 Å². The van der Waals surface area contributed by atoms with E-state index in [4.69, 9.17) is 9.84 Å². The molecule has 1 aromatic heterocycles. The van der Waals surface area contributed by atoms with Gasteiger partial charge in [0.15, 0.2) is 5.82 Å². The number of ether oxygens (including phenoxy) is 1. The molecule has 1 aliphatic carbocycles. The molecule has 1 saturated heterocycles. The third-order valence-corrected chi connectivity index (χ3v) is 3.40. The summed E-state index contributed by atoms with van der Waals surface area (Å²) in [6, 6.07) is 0. The molecule has 0 atom stereocenters. The first kappa shape index (κ1) is 14.0. The number of alkyl halides is 2. The smallest absolute Gasteiger partial charge is 0.309 e. The predicted octanol–water partition coefficient (Wildman–Crippen LogP) is 1.35. The SMILES string of the molecule is O=C(O)Cc1cnc(N2CC(F)(F)C2)c(OCC2CC2)n1. The van der Waals surface area contributed by atoms with Crippen molar-refractivity contribution in [3.8, 4) is 5.88 Å². The summed E-state index contributed by atoms with van der Waals surface area (Å²) in [6.07, 6.45) is 3.19. The summed E-state index contributed by atoms with van der Waals surface area (Å²) in [7, 11) is 0. The molecule has 8 heteroatoms. The van der Waals surface area contributed by atoms with Crippen LogP contribution in [0.15, 0.2) is 6.20 Å². The Bertz CT molecular complexity index is 556. The van der Waals surface area contributed by atoms with E-state index in [1.165, 1.54) is 11.1 Å². The Morgan fingerprint density at radius 1 is 1.48 bits per heavy atom. The summed E-state index contributed by atoms with van der Waals surface area (Å²) in [5.74, 6) is -2.86. The van der Waals surface area contributed by atoms with Gasteiger partial charge in [0.2, 0.25) is 0 Å². The van der Waals surface area contributed by atoms with Crippen LogP contribution in [0.4, 0.5) is 14.6 Å². The number of halogens is 2. The highest BCUT2D eigenvalue weighted by Crippen LogP contribution is 2.36. The Morgan fingerprint density at radius 3 is 2.76 bits per heavy atom. The third-order valence-electron chi connectivity index (χ3n) is 3.40. The number of aromatic nitrogens is 2. The summed E-state index contributed by atoms with van der Waals surface area (Å²) in [5.41, 5.74) is 0.254. The van der Waals surface area contributed by atoms with E-state index < -0.39 is 25.0 Å². The van der Waals surface area contributed by atoms with Crippen molar-refractivity contribution in [2.45, 2.75) is 25.2 Å². The number of hydrogen-bond donors (Lipinski definition) is 1. The van der Waals surface area contributed by atoms with Gasteiger partial charge in [-0.25, -0.2) is 18.7 Å². The first-order chi connectivity index (χ1) is 9.93. The lowest BCUT2D eigenvalue weighted by molar-refractivity contribution is -0.136. The Morgan fingerprint density at radius 2 is 2.19 bits per heavy atom. The maximum atomic E-state index is 13.0. The minimum absolute atomic E-state index is 0.149. The maximum Gasteiger partial charge on any atom is 0.309 e. The van der Waals surface area contributed by atoms with Crippen molar-refractivity contribution in [2.75, 3.05) is 24.6 Å². The second kappa shape index (κ2) is 5.09. The molecule has 1 aromatic rings. The van der Waals surface area contributed by atoms with Gasteiger partial charge in [-0.3, -0.25) is 4.79 Å². The van der Waals surface area contributed by atoms with Crippen LogP contribution >= 0.6 is 0 Å². The lowest BCUT2D eigenvalue weighted by Gasteiger charge is -2.39. The standard InChI is InChI=1S/C13H15F2N3O3/c14-13(15)6-18(7-13)11-12(21-5-8-1-2-8)17-9(4-16-11)3-10(19)20/h4,8H,1-3,5-7H2,(H,19,20). The highest BCUT2D eigenvalue weighted by molar-refractivity contribution is 5.69. The highest BCUT2D eigenvalue weighted by atomic mass is 19.3. The van der Waals surface area contributed by atoms with Crippen LogP contribution in [0.2, 0.25) is 0 Å². The molecular weight excluding hydrogens is 284 g/mol. The number of anilines is 1. The lowest BCUT2D eigenvalue weighted by atomic mass is 10.1. The zero-order chi connectivity index (χ0) is 15.0. The molecule has 2 heterocycles. The van der Waals surface area contributed by atoms with Crippen LogP contribution in [0.5, 0.6) is 5.88 Å². The summed E-state index contributed by atoms with van der Waals surface area (Å²) in [5, 5.41) is 8.77. The molecule has 0 radical (unpaired) electrons. The Balaban J connectivity index is 1.77. The van der Waals surface area contributed by atoms with Crippen molar-refractivity contribution < 1.29 is 23.4 Å². The van der Waals surface area contributed by atoms with Crippen LogP contribution < -0.4 is 9.64 Å². The van der Waals surface area contributed by atoms with Crippen LogP contribution in [0.1, 0.15) is 18.5 Å². The molecule has 0 bridgehead atoms. The molecule has 0 unspecified atom stereocenters. The predicted molar refractivity (Wildman–Crippen MR) is 68.8 cm³/mol. The molecule has 6 nitrogen and oxygen atoms in total. The van der Waals surface area contributed by atoms with Crippen LogP contribution in [0, 0.1) is 5.92 Å². The first-order valence-electron chi connectivity index (χ1n) is 6.76. The fraction of sp³-hybridized carbons (Fsp3) is 0.615. The minimum atomic E-state index is -2.71.